The maximum Gasteiger partial charge on any atom is 0.0542 e. The molecule has 1 atom stereocenters. The van der Waals surface area contributed by atoms with E-state index in [0.29, 0.717) is 5.92 Å². The summed E-state index contributed by atoms with van der Waals surface area (Å²) in [7, 11) is 0. The minimum absolute atomic E-state index is 0.366. The molecule has 0 spiro atoms. The Balaban J connectivity index is 1.04. The zero-order valence-electron chi connectivity index (χ0n) is 28.6. The van der Waals surface area contributed by atoms with Crippen LogP contribution in [0.1, 0.15) is 22.6 Å². The lowest BCUT2D eigenvalue weighted by molar-refractivity contribution is 0.794. The van der Waals surface area contributed by atoms with E-state index in [4.69, 9.17) is 0 Å². The van der Waals surface area contributed by atoms with Gasteiger partial charge in [-0.3, -0.25) is 0 Å². The van der Waals surface area contributed by atoms with Crippen molar-refractivity contribution in [1.82, 2.24) is 9.13 Å². The summed E-state index contributed by atoms with van der Waals surface area (Å²) < 4.78 is 4.84. The van der Waals surface area contributed by atoms with Crippen LogP contribution in [0.15, 0.2) is 188 Å². The second kappa shape index (κ2) is 11.4. The molecule has 0 fully saturated rings. The van der Waals surface area contributed by atoms with Crippen molar-refractivity contribution in [3.8, 4) is 33.6 Å². The van der Waals surface area contributed by atoms with Crippen LogP contribution in [0.2, 0.25) is 0 Å². The van der Waals surface area contributed by atoms with Gasteiger partial charge in [-0.05, 0) is 100.0 Å². The Hall–Kier alpha value is -6.64. The maximum atomic E-state index is 2.43. The van der Waals surface area contributed by atoms with Crippen molar-refractivity contribution in [2.24, 2.45) is 0 Å². The lowest BCUT2D eigenvalue weighted by Gasteiger charge is -2.29. The van der Waals surface area contributed by atoms with Crippen molar-refractivity contribution in [2.45, 2.75) is 12.3 Å². The van der Waals surface area contributed by atoms with Gasteiger partial charge in [0.25, 0.3) is 0 Å². The topological polar surface area (TPSA) is 9.86 Å². The molecule has 244 valence electrons. The summed E-state index contributed by atoms with van der Waals surface area (Å²) in [6, 6.07) is 69.3. The summed E-state index contributed by atoms with van der Waals surface area (Å²) in [5.74, 6) is 0.366. The Bertz CT molecular complexity index is 2940. The zero-order valence-corrected chi connectivity index (χ0v) is 28.6. The van der Waals surface area contributed by atoms with Crippen LogP contribution in [-0.4, -0.2) is 9.13 Å². The van der Waals surface area contributed by atoms with Crippen LogP contribution in [-0.2, 0) is 6.42 Å². The molecule has 2 aromatic heterocycles. The van der Waals surface area contributed by atoms with Gasteiger partial charge in [0.1, 0.15) is 0 Å². The SMILES string of the molecule is c1ccc(C2Cc3ccc(-c4cccc(-n5c6ccccc6c6cc(-n7c8ccccc8c8ccccc87)ccc65)c4)cc3-c3ccccc32)cc1. The fraction of sp³-hybridized carbons (Fsp3) is 0.0400. The van der Waals surface area contributed by atoms with E-state index in [2.05, 4.69) is 197 Å². The number of aromatic nitrogens is 2. The van der Waals surface area contributed by atoms with Crippen molar-refractivity contribution < 1.29 is 0 Å². The van der Waals surface area contributed by atoms with Crippen molar-refractivity contribution in [3.05, 3.63) is 205 Å². The van der Waals surface area contributed by atoms with Gasteiger partial charge >= 0.3 is 0 Å². The summed E-state index contributed by atoms with van der Waals surface area (Å²) in [4.78, 5) is 0. The van der Waals surface area contributed by atoms with Crippen LogP contribution in [0.4, 0.5) is 0 Å². The van der Waals surface area contributed by atoms with Crippen LogP contribution >= 0.6 is 0 Å². The van der Waals surface area contributed by atoms with Gasteiger partial charge in [0.05, 0.1) is 22.1 Å². The smallest absolute Gasteiger partial charge is 0.0542 e. The molecule has 11 rings (SSSR count). The lowest BCUT2D eigenvalue weighted by atomic mass is 9.75. The van der Waals surface area contributed by atoms with Crippen molar-refractivity contribution in [3.63, 3.8) is 0 Å². The van der Waals surface area contributed by atoms with Crippen LogP contribution < -0.4 is 0 Å². The summed E-state index contributed by atoms with van der Waals surface area (Å²) >= 11 is 0. The monoisotopic (exact) mass is 662 g/mol. The molecular formula is C50H34N2. The highest BCUT2D eigenvalue weighted by atomic mass is 15.0. The first-order chi connectivity index (χ1) is 25.8. The molecule has 0 radical (unpaired) electrons. The second-order valence-corrected chi connectivity index (χ2v) is 14.1. The number of hydrogen-bond donors (Lipinski definition) is 0. The first-order valence-corrected chi connectivity index (χ1v) is 18.2. The third-order valence-corrected chi connectivity index (χ3v) is 11.3. The van der Waals surface area contributed by atoms with Gasteiger partial charge in [-0.15, -0.1) is 0 Å². The van der Waals surface area contributed by atoms with Crippen molar-refractivity contribution in [1.29, 1.82) is 0 Å². The van der Waals surface area contributed by atoms with Gasteiger partial charge in [0.2, 0.25) is 0 Å². The van der Waals surface area contributed by atoms with Crippen LogP contribution in [0.25, 0.3) is 77.2 Å². The van der Waals surface area contributed by atoms with Crippen LogP contribution in [0, 0.1) is 0 Å². The second-order valence-electron chi connectivity index (χ2n) is 14.1. The molecule has 2 heteroatoms. The molecule has 0 saturated heterocycles. The normalized spacial score (nSPS) is 13.9. The number of para-hydroxylation sites is 3. The molecule has 52 heavy (non-hydrogen) atoms. The minimum Gasteiger partial charge on any atom is -0.309 e. The average molecular weight is 663 g/mol. The first kappa shape index (κ1) is 29.1. The van der Waals surface area contributed by atoms with E-state index in [1.807, 2.05) is 0 Å². The predicted molar refractivity (Wildman–Crippen MR) is 218 cm³/mol. The lowest BCUT2D eigenvalue weighted by Crippen LogP contribution is -2.12. The van der Waals surface area contributed by atoms with Gasteiger partial charge in [-0.25, -0.2) is 0 Å². The Kier molecular flexibility index (Phi) is 6.41. The minimum atomic E-state index is 0.366. The fourth-order valence-electron chi connectivity index (χ4n) is 8.95. The van der Waals surface area contributed by atoms with Gasteiger partial charge in [0.15, 0.2) is 0 Å². The summed E-state index contributed by atoms with van der Waals surface area (Å²) in [5, 5.41) is 5.06. The van der Waals surface area contributed by atoms with E-state index in [0.717, 1.165) is 12.1 Å². The summed E-state index contributed by atoms with van der Waals surface area (Å²) in [5.41, 5.74) is 16.6. The molecular weight excluding hydrogens is 629 g/mol. The molecule has 2 nitrogen and oxygen atoms in total. The van der Waals surface area contributed by atoms with Gasteiger partial charge in [-0.1, -0.05) is 133 Å². The third-order valence-electron chi connectivity index (χ3n) is 11.3. The largest absolute Gasteiger partial charge is 0.309 e. The van der Waals surface area contributed by atoms with Crippen molar-refractivity contribution >= 4 is 43.6 Å². The van der Waals surface area contributed by atoms with Crippen molar-refractivity contribution in [2.75, 3.05) is 0 Å². The van der Waals surface area contributed by atoms with Gasteiger partial charge in [-0.2, -0.15) is 0 Å². The fourth-order valence-corrected chi connectivity index (χ4v) is 8.95. The van der Waals surface area contributed by atoms with E-state index in [9.17, 15) is 0 Å². The Morgan fingerprint density at radius 1 is 0.365 bits per heavy atom. The van der Waals surface area contributed by atoms with E-state index in [1.165, 1.54) is 88.2 Å². The van der Waals surface area contributed by atoms with E-state index in [-0.39, 0.29) is 0 Å². The number of benzene rings is 8. The Labute approximate surface area is 302 Å². The molecule has 1 aliphatic carbocycles. The molecule has 0 bridgehead atoms. The summed E-state index contributed by atoms with van der Waals surface area (Å²) in [6.07, 6.45) is 1.01. The Morgan fingerprint density at radius 2 is 0.942 bits per heavy atom. The number of rotatable bonds is 4. The molecule has 8 aromatic carbocycles. The van der Waals surface area contributed by atoms with E-state index >= 15 is 0 Å². The standard InChI is InChI=1S/C50H34N2/c1-2-13-33(14-3-1)44-31-36-26-25-35(30-45(36)40-18-5-4-17-39(40)44)34-15-12-16-37(29-34)51-49-24-11-8-21-43(49)46-32-38(27-28-50(46)51)52-47-22-9-6-19-41(47)42-20-7-10-23-48(42)52/h1-30,32,44H,31H2. The number of fused-ring (bicyclic) bond motifs is 9. The summed E-state index contributed by atoms with van der Waals surface area (Å²) in [6.45, 7) is 0. The van der Waals surface area contributed by atoms with Gasteiger partial charge < -0.3 is 9.13 Å². The number of nitrogens with zero attached hydrogens (tertiary/aromatic N) is 2. The van der Waals surface area contributed by atoms with Crippen LogP contribution in [0.5, 0.6) is 0 Å². The molecule has 0 aliphatic heterocycles. The molecule has 0 amide bonds. The van der Waals surface area contributed by atoms with E-state index < -0.39 is 0 Å². The van der Waals surface area contributed by atoms with E-state index in [1.54, 1.807) is 0 Å². The maximum absolute atomic E-state index is 2.43. The highest BCUT2D eigenvalue weighted by Gasteiger charge is 2.26. The average Bonchev–Trinajstić information content (AvgIpc) is 3.73. The van der Waals surface area contributed by atoms with Gasteiger partial charge in [0, 0.05) is 38.8 Å². The molecule has 1 aliphatic rings. The molecule has 2 heterocycles. The molecule has 0 saturated carbocycles. The number of hydrogen-bond acceptors (Lipinski definition) is 0. The predicted octanol–water partition coefficient (Wildman–Crippen LogP) is 12.9. The third kappa shape index (κ3) is 4.37. The molecule has 1 unspecified atom stereocenters. The van der Waals surface area contributed by atoms with Crippen LogP contribution in [0.3, 0.4) is 0 Å². The zero-order chi connectivity index (χ0) is 34.2. The quantitative estimate of drug-likeness (QED) is 0.177. The molecule has 0 N–H and O–H groups in total. The molecule has 10 aromatic rings. The highest BCUT2D eigenvalue weighted by Crippen LogP contribution is 2.44. The Morgan fingerprint density at radius 3 is 1.67 bits per heavy atom. The highest BCUT2D eigenvalue weighted by molar-refractivity contribution is 6.12. The first-order valence-electron chi connectivity index (χ1n) is 18.2.